The van der Waals surface area contributed by atoms with Crippen molar-refractivity contribution >= 4 is 27.8 Å². The van der Waals surface area contributed by atoms with Crippen molar-refractivity contribution in [2.75, 3.05) is 4.90 Å². The molecule has 2 aliphatic rings. The molecule has 0 atom stereocenters. The van der Waals surface area contributed by atoms with E-state index in [1.165, 1.54) is 99.8 Å². The Morgan fingerprint density at radius 3 is 1.45 bits per heavy atom. The lowest BCUT2D eigenvalue weighted by molar-refractivity contribution is 0.660. The lowest BCUT2D eigenvalue weighted by Crippen LogP contribution is -2.15. The topological polar surface area (TPSA) is 3.24 Å². The highest BCUT2D eigenvalue weighted by Gasteiger charge is 2.38. The highest BCUT2D eigenvalue weighted by atomic mass is 15.1. The van der Waals surface area contributed by atoms with E-state index in [9.17, 15) is 0 Å². The summed E-state index contributed by atoms with van der Waals surface area (Å²) in [4.78, 5) is 2.45. The summed E-state index contributed by atoms with van der Waals surface area (Å²) in [5, 5.41) is 2.51. The molecule has 0 aromatic heterocycles. The van der Waals surface area contributed by atoms with Crippen LogP contribution in [0.1, 0.15) is 49.9 Å². The molecule has 2 aliphatic carbocycles. The molecule has 0 saturated carbocycles. The highest BCUT2D eigenvalue weighted by molar-refractivity contribution is 6.07. The molecule has 0 saturated heterocycles. The maximum atomic E-state index is 2.45. The lowest BCUT2D eigenvalue weighted by atomic mass is 9.81. The van der Waals surface area contributed by atoms with Gasteiger partial charge in [-0.1, -0.05) is 216 Å². The van der Waals surface area contributed by atoms with E-state index in [2.05, 4.69) is 257 Å². The Balaban J connectivity index is 1.00. The molecule has 0 spiro atoms. The first-order chi connectivity index (χ1) is 31.8. The molecule has 0 N–H and O–H groups in total. The van der Waals surface area contributed by atoms with Crippen molar-refractivity contribution in [1.29, 1.82) is 0 Å². The Kier molecular flexibility index (Phi) is 8.94. The first-order valence-electron chi connectivity index (χ1n) is 22.9. The summed E-state index contributed by atoms with van der Waals surface area (Å²) in [6, 6.07) is 83.3. The van der Waals surface area contributed by atoms with Crippen LogP contribution in [0.4, 0.5) is 17.1 Å². The summed E-state index contributed by atoms with van der Waals surface area (Å²) < 4.78 is 0. The third-order valence-corrected chi connectivity index (χ3v) is 14.5. The van der Waals surface area contributed by atoms with Crippen LogP contribution < -0.4 is 4.90 Å². The highest BCUT2D eigenvalue weighted by Crippen LogP contribution is 2.54. The third-order valence-electron chi connectivity index (χ3n) is 14.5. The SMILES string of the molecule is CC1(C)c2ccccc2-c2ccc(-c3ccc(N(c4ccc(-c5cccc6cccc(-c7ccccc7)c56)cc4)c4ccccc4-c4cccc5c4-c4ccccc4C5(C)C)cc3)cc21. The van der Waals surface area contributed by atoms with Gasteiger partial charge >= 0.3 is 0 Å². The molecular weight excluding hydrogens is 783 g/mol. The first-order valence-corrected chi connectivity index (χ1v) is 22.9. The van der Waals surface area contributed by atoms with Gasteiger partial charge in [0.2, 0.25) is 0 Å². The summed E-state index contributed by atoms with van der Waals surface area (Å²) in [5.74, 6) is 0. The van der Waals surface area contributed by atoms with Gasteiger partial charge in [-0.2, -0.15) is 0 Å². The van der Waals surface area contributed by atoms with Gasteiger partial charge in [-0.25, -0.2) is 0 Å². The largest absolute Gasteiger partial charge is 0.310 e. The van der Waals surface area contributed by atoms with Crippen LogP contribution in [0.3, 0.4) is 0 Å². The average Bonchev–Trinajstić information content (AvgIpc) is 3.74. The molecule has 0 heterocycles. The number of nitrogens with zero attached hydrogens (tertiary/aromatic N) is 1. The second kappa shape index (κ2) is 14.9. The van der Waals surface area contributed by atoms with Gasteiger partial charge in [0.25, 0.3) is 0 Å². The zero-order valence-electron chi connectivity index (χ0n) is 37.3. The van der Waals surface area contributed by atoms with Gasteiger partial charge in [-0.05, 0) is 131 Å². The van der Waals surface area contributed by atoms with Gasteiger partial charge in [0.15, 0.2) is 0 Å². The van der Waals surface area contributed by atoms with Crippen LogP contribution >= 0.6 is 0 Å². The van der Waals surface area contributed by atoms with E-state index < -0.39 is 0 Å². The van der Waals surface area contributed by atoms with E-state index in [4.69, 9.17) is 0 Å². The number of hydrogen-bond donors (Lipinski definition) is 0. The summed E-state index contributed by atoms with van der Waals surface area (Å²) in [5.41, 5.74) is 23.8. The monoisotopic (exact) mass is 831 g/mol. The minimum absolute atomic E-state index is 0.0585. The molecule has 65 heavy (non-hydrogen) atoms. The fourth-order valence-corrected chi connectivity index (χ4v) is 11.2. The van der Waals surface area contributed by atoms with Crippen molar-refractivity contribution in [3.63, 3.8) is 0 Å². The molecule has 12 rings (SSSR count). The van der Waals surface area contributed by atoms with Crippen LogP contribution in [0.25, 0.3) is 77.5 Å². The van der Waals surface area contributed by atoms with Gasteiger partial charge in [-0.15, -0.1) is 0 Å². The van der Waals surface area contributed by atoms with Crippen LogP contribution in [0.5, 0.6) is 0 Å². The van der Waals surface area contributed by atoms with Gasteiger partial charge in [0.1, 0.15) is 0 Å². The van der Waals surface area contributed by atoms with Crippen molar-refractivity contribution in [2.45, 2.75) is 38.5 Å². The lowest BCUT2D eigenvalue weighted by Gasteiger charge is -2.29. The molecule has 0 fully saturated rings. The normalized spacial score (nSPS) is 13.8. The molecular formula is C64H49N. The molecule has 0 bridgehead atoms. The standard InChI is InChI=1S/C64H49N/c1-63(2)57-28-12-9-23-55(57)62-54(26-16-29-58(62)63)53-22-10-13-30-60(53)65(47-36-31-42(32-37-47)46-35-40-52-51-21-8-11-27-56(51)64(3,4)59(52)41-46)48-38-33-44(34-39-48)50-25-15-20-45-19-14-24-49(61(45)50)43-17-6-5-7-18-43/h5-41H,1-4H3. The molecule has 1 nitrogen and oxygen atoms in total. The molecule has 0 radical (unpaired) electrons. The van der Waals surface area contributed by atoms with Crippen molar-refractivity contribution in [3.05, 3.63) is 247 Å². The van der Waals surface area contributed by atoms with E-state index in [-0.39, 0.29) is 10.8 Å². The minimum atomic E-state index is -0.0974. The quantitative estimate of drug-likeness (QED) is 0.155. The number of hydrogen-bond acceptors (Lipinski definition) is 1. The van der Waals surface area contributed by atoms with Gasteiger partial charge in [-0.3, -0.25) is 0 Å². The Morgan fingerprint density at radius 1 is 0.292 bits per heavy atom. The molecule has 10 aromatic carbocycles. The summed E-state index contributed by atoms with van der Waals surface area (Å²) >= 11 is 0. The fraction of sp³-hybridized carbons (Fsp3) is 0.0938. The van der Waals surface area contributed by atoms with E-state index in [0.717, 1.165) is 17.1 Å². The minimum Gasteiger partial charge on any atom is -0.310 e. The molecule has 1 heteroatoms. The molecule has 0 amide bonds. The average molecular weight is 832 g/mol. The predicted molar refractivity (Wildman–Crippen MR) is 276 cm³/mol. The molecule has 10 aromatic rings. The fourth-order valence-electron chi connectivity index (χ4n) is 11.2. The van der Waals surface area contributed by atoms with Crippen molar-refractivity contribution < 1.29 is 0 Å². The van der Waals surface area contributed by atoms with E-state index in [1.807, 2.05) is 0 Å². The molecule has 310 valence electrons. The second-order valence-corrected chi connectivity index (χ2v) is 18.9. The maximum Gasteiger partial charge on any atom is 0.0540 e. The zero-order chi connectivity index (χ0) is 43.9. The maximum absolute atomic E-state index is 2.45. The van der Waals surface area contributed by atoms with Gasteiger partial charge in [0, 0.05) is 27.8 Å². The van der Waals surface area contributed by atoms with Crippen molar-refractivity contribution in [2.24, 2.45) is 0 Å². The Bertz CT molecular complexity index is 3460. The number of fused-ring (bicyclic) bond motifs is 7. The Labute approximate surface area is 383 Å². The smallest absolute Gasteiger partial charge is 0.0540 e. The summed E-state index contributed by atoms with van der Waals surface area (Å²) in [7, 11) is 0. The zero-order valence-corrected chi connectivity index (χ0v) is 37.3. The number of para-hydroxylation sites is 1. The van der Waals surface area contributed by atoms with E-state index in [1.54, 1.807) is 0 Å². The van der Waals surface area contributed by atoms with Gasteiger partial charge < -0.3 is 4.90 Å². The Morgan fingerprint density at radius 2 is 0.754 bits per heavy atom. The number of benzene rings is 10. The van der Waals surface area contributed by atoms with Crippen LogP contribution in [-0.4, -0.2) is 0 Å². The second-order valence-electron chi connectivity index (χ2n) is 18.9. The van der Waals surface area contributed by atoms with E-state index >= 15 is 0 Å². The van der Waals surface area contributed by atoms with Crippen LogP contribution in [0.2, 0.25) is 0 Å². The van der Waals surface area contributed by atoms with Gasteiger partial charge in [0.05, 0.1) is 5.69 Å². The summed E-state index contributed by atoms with van der Waals surface area (Å²) in [6.45, 7) is 9.44. The first kappa shape index (κ1) is 38.9. The molecule has 0 unspecified atom stereocenters. The van der Waals surface area contributed by atoms with Crippen molar-refractivity contribution in [1.82, 2.24) is 0 Å². The van der Waals surface area contributed by atoms with Crippen LogP contribution in [0.15, 0.2) is 224 Å². The predicted octanol–water partition coefficient (Wildman–Crippen LogP) is 17.6. The third kappa shape index (κ3) is 6.14. The Hall–Kier alpha value is -7.74. The van der Waals surface area contributed by atoms with Crippen LogP contribution in [-0.2, 0) is 10.8 Å². The number of anilines is 3. The van der Waals surface area contributed by atoms with Crippen LogP contribution in [0, 0.1) is 0 Å². The molecule has 0 aliphatic heterocycles. The number of rotatable bonds is 7. The van der Waals surface area contributed by atoms with Crippen molar-refractivity contribution in [3.8, 4) is 66.8 Å². The summed E-state index contributed by atoms with van der Waals surface area (Å²) in [6.07, 6.45) is 0. The van der Waals surface area contributed by atoms with E-state index in [0.29, 0.717) is 0 Å².